The van der Waals surface area contributed by atoms with Gasteiger partial charge in [0.2, 0.25) is 0 Å². The first-order valence-electron chi connectivity index (χ1n) is 8.07. The van der Waals surface area contributed by atoms with Crippen LogP contribution < -0.4 is 9.47 Å². The van der Waals surface area contributed by atoms with Crippen LogP contribution in [0.2, 0.25) is 0 Å². The number of ether oxygens (including phenoxy) is 2. The minimum absolute atomic E-state index is 0.0427. The number of benzene rings is 2. The zero-order valence-electron chi connectivity index (χ0n) is 13.9. The second kappa shape index (κ2) is 9.57. The van der Waals surface area contributed by atoms with E-state index >= 15 is 0 Å². The predicted molar refractivity (Wildman–Crippen MR) is 92.8 cm³/mol. The fourth-order valence-corrected chi connectivity index (χ4v) is 2.30. The van der Waals surface area contributed by atoms with Gasteiger partial charge in [0.1, 0.15) is 23.9 Å². The van der Waals surface area contributed by atoms with Crippen molar-refractivity contribution >= 4 is 5.97 Å². The Balaban J connectivity index is 1.80. The van der Waals surface area contributed by atoms with Crippen molar-refractivity contribution in [1.29, 1.82) is 0 Å². The predicted octanol–water partition coefficient (Wildman–Crippen LogP) is 3.65. The van der Waals surface area contributed by atoms with Gasteiger partial charge < -0.3 is 14.6 Å². The first-order valence-corrected chi connectivity index (χ1v) is 8.07. The fourth-order valence-electron chi connectivity index (χ4n) is 2.30. The number of hydrogen-bond acceptors (Lipinski definition) is 4. The third-order valence-electron chi connectivity index (χ3n) is 3.38. The summed E-state index contributed by atoms with van der Waals surface area (Å²) in [4.78, 5) is 12.7. The van der Waals surface area contributed by atoms with Crippen LogP contribution in [0.5, 0.6) is 17.2 Å². The monoisotopic (exact) mass is 329 g/mol. The van der Waals surface area contributed by atoms with E-state index in [-0.39, 0.29) is 6.54 Å². The zero-order chi connectivity index (χ0) is 17.2. The van der Waals surface area contributed by atoms with Crippen molar-refractivity contribution < 1.29 is 19.4 Å². The largest absolute Gasteiger partial charge is 0.492 e. The number of carbonyl (C=O) groups is 1. The number of hydrogen-bond donors (Lipinski definition) is 1. The van der Waals surface area contributed by atoms with Gasteiger partial charge in [0.05, 0.1) is 6.54 Å². The van der Waals surface area contributed by atoms with Gasteiger partial charge in [-0.2, -0.15) is 0 Å². The molecule has 0 aromatic heterocycles. The lowest BCUT2D eigenvalue weighted by atomic mass is 10.3. The molecule has 0 heterocycles. The molecule has 0 radical (unpaired) electrons. The number of para-hydroxylation sites is 1. The number of carboxylic acid groups (broad SMARTS) is 1. The topological polar surface area (TPSA) is 59.0 Å². The van der Waals surface area contributed by atoms with Crippen LogP contribution in [-0.2, 0) is 4.79 Å². The van der Waals surface area contributed by atoms with Crippen LogP contribution in [0.1, 0.15) is 13.3 Å². The number of aliphatic carboxylic acids is 1. The molecule has 5 nitrogen and oxygen atoms in total. The van der Waals surface area contributed by atoms with Crippen molar-refractivity contribution in [2.24, 2.45) is 0 Å². The Kier molecular flexibility index (Phi) is 7.11. The standard InChI is InChI=1S/C19H23NO4/c1-2-12-20(15-19(21)22)13-14-23-16-8-10-18(11-9-16)24-17-6-4-3-5-7-17/h3-11H,2,12-15H2,1H3,(H,21,22). The molecule has 0 saturated carbocycles. The summed E-state index contributed by atoms with van der Waals surface area (Å²) in [5.74, 6) is 1.45. The summed E-state index contributed by atoms with van der Waals surface area (Å²) < 4.78 is 11.4. The Hall–Kier alpha value is -2.53. The number of nitrogens with zero attached hydrogens (tertiary/aromatic N) is 1. The zero-order valence-corrected chi connectivity index (χ0v) is 13.9. The summed E-state index contributed by atoms with van der Waals surface area (Å²) in [6.45, 7) is 3.86. The van der Waals surface area contributed by atoms with Crippen LogP contribution in [0.15, 0.2) is 54.6 Å². The fraction of sp³-hybridized carbons (Fsp3) is 0.316. The molecule has 0 aliphatic carbocycles. The van der Waals surface area contributed by atoms with Gasteiger partial charge in [-0.05, 0) is 49.4 Å². The maximum atomic E-state index is 10.8. The van der Waals surface area contributed by atoms with Gasteiger partial charge in [-0.15, -0.1) is 0 Å². The highest BCUT2D eigenvalue weighted by atomic mass is 16.5. The minimum Gasteiger partial charge on any atom is -0.492 e. The first kappa shape index (κ1) is 17.8. The lowest BCUT2D eigenvalue weighted by Crippen LogP contribution is -2.34. The average molecular weight is 329 g/mol. The molecule has 128 valence electrons. The second-order valence-electron chi connectivity index (χ2n) is 5.40. The summed E-state index contributed by atoms with van der Waals surface area (Å²) in [5.41, 5.74) is 0. The molecule has 5 heteroatoms. The minimum atomic E-state index is -0.814. The van der Waals surface area contributed by atoms with Gasteiger partial charge in [-0.3, -0.25) is 9.69 Å². The molecule has 0 spiro atoms. The van der Waals surface area contributed by atoms with E-state index in [1.54, 1.807) is 0 Å². The second-order valence-corrected chi connectivity index (χ2v) is 5.40. The van der Waals surface area contributed by atoms with E-state index < -0.39 is 5.97 Å². The molecule has 2 rings (SSSR count). The first-order chi connectivity index (χ1) is 11.7. The number of rotatable bonds is 10. The van der Waals surface area contributed by atoms with Crippen LogP contribution in [-0.4, -0.2) is 42.2 Å². The van der Waals surface area contributed by atoms with Gasteiger partial charge in [0.15, 0.2) is 0 Å². The SMILES string of the molecule is CCCN(CCOc1ccc(Oc2ccccc2)cc1)CC(=O)O. The van der Waals surface area contributed by atoms with E-state index in [4.69, 9.17) is 14.6 Å². The maximum absolute atomic E-state index is 10.8. The molecule has 0 fully saturated rings. The van der Waals surface area contributed by atoms with Gasteiger partial charge in [-0.1, -0.05) is 25.1 Å². The maximum Gasteiger partial charge on any atom is 0.317 e. The molecule has 0 atom stereocenters. The Bertz CT molecular complexity index is 613. The van der Waals surface area contributed by atoms with E-state index in [9.17, 15) is 4.79 Å². The van der Waals surface area contributed by atoms with Crippen LogP contribution in [0.25, 0.3) is 0 Å². The summed E-state index contributed by atoms with van der Waals surface area (Å²) in [5, 5.41) is 8.88. The molecule has 0 unspecified atom stereocenters. The summed E-state index contributed by atoms with van der Waals surface area (Å²) in [6.07, 6.45) is 0.915. The Morgan fingerprint density at radius 1 is 0.958 bits per heavy atom. The molecule has 2 aromatic carbocycles. The average Bonchev–Trinajstić information content (AvgIpc) is 2.57. The van der Waals surface area contributed by atoms with Crippen LogP contribution in [0.4, 0.5) is 0 Å². The van der Waals surface area contributed by atoms with Crippen molar-refractivity contribution in [2.45, 2.75) is 13.3 Å². The van der Waals surface area contributed by atoms with Gasteiger partial charge in [-0.25, -0.2) is 0 Å². The molecule has 1 N–H and O–H groups in total. The highest BCUT2D eigenvalue weighted by Crippen LogP contribution is 2.23. The van der Waals surface area contributed by atoms with Crippen LogP contribution in [0, 0.1) is 0 Å². The lowest BCUT2D eigenvalue weighted by Gasteiger charge is -2.19. The quantitative estimate of drug-likeness (QED) is 0.721. The smallest absolute Gasteiger partial charge is 0.317 e. The van der Waals surface area contributed by atoms with Crippen molar-refractivity contribution in [3.8, 4) is 17.2 Å². The summed E-state index contributed by atoms with van der Waals surface area (Å²) in [7, 11) is 0. The molecule has 0 aliphatic rings. The van der Waals surface area contributed by atoms with Crippen molar-refractivity contribution in [3.05, 3.63) is 54.6 Å². The Morgan fingerprint density at radius 2 is 1.58 bits per heavy atom. The Labute approximate surface area is 142 Å². The van der Waals surface area contributed by atoms with Gasteiger partial charge in [0.25, 0.3) is 0 Å². The van der Waals surface area contributed by atoms with Crippen LogP contribution in [0.3, 0.4) is 0 Å². The molecule has 0 amide bonds. The molecular formula is C19H23NO4. The van der Waals surface area contributed by atoms with Crippen molar-refractivity contribution in [1.82, 2.24) is 4.90 Å². The van der Waals surface area contributed by atoms with E-state index in [0.29, 0.717) is 13.2 Å². The number of carboxylic acids is 1. The van der Waals surface area contributed by atoms with Crippen molar-refractivity contribution in [2.75, 3.05) is 26.2 Å². The summed E-state index contributed by atoms with van der Waals surface area (Å²) in [6, 6.07) is 17.0. The summed E-state index contributed by atoms with van der Waals surface area (Å²) >= 11 is 0. The van der Waals surface area contributed by atoms with E-state index in [1.807, 2.05) is 66.4 Å². The molecule has 24 heavy (non-hydrogen) atoms. The lowest BCUT2D eigenvalue weighted by molar-refractivity contribution is -0.138. The molecule has 0 saturated heterocycles. The highest BCUT2D eigenvalue weighted by Gasteiger charge is 2.08. The van der Waals surface area contributed by atoms with Gasteiger partial charge >= 0.3 is 5.97 Å². The third kappa shape index (κ3) is 6.30. The van der Waals surface area contributed by atoms with E-state index in [2.05, 4.69) is 0 Å². The Morgan fingerprint density at radius 3 is 2.21 bits per heavy atom. The molecule has 0 bridgehead atoms. The van der Waals surface area contributed by atoms with E-state index in [1.165, 1.54) is 0 Å². The highest BCUT2D eigenvalue weighted by molar-refractivity contribution is 5.69. The van der Waals surface area contributed by atoms with Crippen molar-refractivity contribution in [3.63, 3.8) is 0 Å². The molecular weight excluding hydrogens is 306 g/mol. The molecule has 2 aromatic rings. The normalized spacial score (nSPS) is 10.6. The third-order valence-corrected chi connectivity index (χ3v) is 3.38. The van der Waals surface area contributed by atoms with Gasteiger partial charge in [0, 0.05) is 6.54 Å². The van der Waals surface area contributed by atoms with Crippen LogP contribution >= 0.6 is 0 Å². The molecule has 0 aliphatic heterocycles. The van der Waals surface area contributed by atoms with E-state index in [0.717, 1.165) is 30.2 Å².